The third-order valence-electron chi connectivity index (χ3n) is 2.80. The molecule has 18 heavy (non-hydrogen) atoms. The van der Waals surface area contributed by atoms with Gasteiger partial charge in [0.25, 0.3) is 0 Å². The summed E-state index contributed by atoms with van der Waals surface area (Å²) < 4.78 is 6.08. The molecule has 2 aromatic rings. The summed E-state index contributed by atoms with van der Waals surface area (Å²) in [6.07, 6.45) is 2.55. The van der Waals surface area contributed by atoms with Crippen LogP contribution in [0.15, 0.2) is 41.1 Å². The van der Waals surface area contributed by atoms with Crippen LogP contribution in [0.25, 0.3) is 0 Å². The summed E-state index contributed by atoms with van der Waals surface area (Å²) in [6, 6.07) is 7.57. The molecule has 0 saturated carbocycles. The van der Waals surface area contributed by atoms with Gasteiger partial charge >= 0.3 is 0 Å². The molecule has 0 bridgehead atoms. The molecule has 1 unspecified atom stereocenters. The smallest absolute Gasteiger partial charge is 0.137 e. The van der Waals surface area contributed by atoms with Crippen molar-refractivity contribution in [2.45, 2.75) is 13.0 Å². The van der Waals surface area contributed by atoms with E-state index in [1.165, 1.54) is 0 Å². The van der Waals surface area contributed by atoms with Gasteiger partial charge in [0.2, 0.25) is 0 Å². The summed E-state index contributed by atoms with van der Waals surface area (Å²) >= 11 is 3.46. The van der Waals surface area contributed by atoms with E-state index in [4.69, 9.17) is 4.74 Å². The Balaban J connectivity index is 2.34. The Morgan fingerprint density at radius 3 is 2.67 bits per heavy atom. The van der Waals surface area contributed by atoms with E-state index >= 15 is 0 Å². The van der Waals surface area contributed by atoms with E-state index < -0.39 is 6.10 Å². The maximum absolute atomic E-state index is 10.3. The van der Waals surface area contributed by atoms with Gasteiger partial charge in [-0.2, -0.15) is 0 Å². The van der Waals surface area contributed by atoms with Gasteiger partial charge in [0.05, 0.1) is 13.3 Å². The molecule has 1 heterocycles. The fraction of sp³-hybridized carbons (Fsp3) is 0.214. The molecule has 0 amide bonds. The van der Waals surface area contributed by atoms with Crippen LogP contribution in [0.3, 0.4) is 0 Å². The predicted molar refractivity (Wildman–Crippen MR) is 73.7 cm³/mol. The first-order valence-electron chi connectivity index (χ1n) is 5.55. The van der Waals surface area contributed by atoms with E-state index in [0.29, 0.717) is 11.3 Å². The average molecular weight is 308 g/mol. The molecular formula is C14H14BrNO2. The Hall–Kier alpha value is -1.39. The Morgan fingerprint density at radius 2 is 2.00 bits per heavy atom. The van der Waals surface area contributed by atoms with Gasteiger partial charge in [0.1, 0.15) is 11.9 Å². The highest BCUT2D eigenvalue weighted by Gasteiger charge is 2.12. The molecule has 0 spiro atoms. The second kappa shape index (κ2) is 5.50. The van der Waals surface area contributed by atoms with Gasteiger partial charge in [-0.15, -0.1) is 0 Å². The Morgan fingerprint density at radius 1 is 1.22 bits per heavy atom. The number of aliphatic hydroxyl groups is 1. The van der Waals surface area contributed by atoms with Crippen LogP contribution in [-0.4, -0.2) is 17.2 Å². The minimum atomic E-state index is -0.704. The summed E-state index contributed by atoms with van der Waals surface area (Å²) in [5.41, 5.74) is 2.67. The number of aryl methyl sites for hydroxylation is 1. The molecule has 3 nitrogen and oxygen atoms in total. The molecule has 0 radical (unpaired) electrons. The van der Waals surface area contributed by atoms with E-state index in [9.17, 15) is 5.11 Å². The molecule has 2 rings (SSSR count). The first-order chi connectivity index (χ1) is 8.61. The van der Waals surface area contributed by atoms with Crippen molar-refractivity contribution in [2.75, 3.05) is 7.11 Å². The van der Waals surface area contributed by atoms with Crippen LogP contribution in [0.1, 0.15) is 22.8 Å². The van der Waals surface area contributed by atoms with Crippen molar-refractivity contribution >= 4 is 15.9 Å². The lowest BCUT2D eigenvalue weighted by atomic mass is 10.0. The molecule has 0 saturated heterocycles. The Bertz CT molecular complexity index is 557. The van der Waals surface area contributed by atoms with Gasteiger partial charge in [-0.05, 0) is 30.2 Å². The number of ether oxygens (including phenoxy) is 1. The highest BCUT2D eigenvalue weighted by Crippen LogP contribution is 2.27. The lowest BCUT2D eigenvalue weighted by Crippen LogP contribution is -2.01. The second-order valence-electron chi connectivity index (χ2n) is 4.07. The monoisotopic (exact) mass is 307 g/mol. The van der Waals surface area contributed by atoms with Gasteiger partial charge in [0.15, 0.2) is 0 Å². The molecular weight excluding hydrogens is 294 g/mol. The first kappa shape index (κ1) is 13.1. The predicted octanol–water partition coefficient (Wildman–Crippen LogP) is 3.24. The SMILES string of the molecule is COc1cncc(C(O)c2ccc(C)c(Br)c2)c1. The number of methoxy groups -OCH3 is 1. The number of benzene rings is 1. The minimum absolute atomic E-state index is 0.637. The van der Waals surface area contributed by atoms with Crippen molar-refractivity contribution in [1.29, 1.82) is 0 Å². The van der Waals surface area contributed by atoms with Gasteiger partial charge in [0, 0.05) is 16.2 Å². The zero-order valence-electron chi connectivity index (χ0n) is 10.2. The number of hydrogen-bond donors (Lipinski definition) is 1. The number of nitrogens with zero attached hydrogens (tertiary/aromatic N) is 1. The Labute approximate surface area is 115 Å². The normalized spacial score (nSPS) is 12.2. The maximum Gasteiger partial charge on any atom is 0.137 e. The molecule has 1 aromatic carbocycles. The summed E-state index contributed by atoms with van der Waals surface area (Å²) in [5, 5.41) is 10.3. The Kier molecular flexibility index (Phi) is 3.99. The zero-order chi connectivity index (χ0) is 13.1. The van der Waals surface area contributed by atoms with Crippen molar-refractivity contribution in [1.82, 2.24) is 4.98 Å². The van der Waals surface area contributed by atoms with Crippen molar-refractivity contribution in [3.63, 3.8) is 0 Å². The van der Waals surface area contributed by atoms with Gasteiger partial charge in [-0.1, -0.05) is 28.1 Å². The van der Waals surface area contributed by atoms with Crippen LogP contribution < -0.4 is 4.74 Å². The van der Waals surface area contributed by atoms with Crippen molar-refractivity contribution in [3.05, 3.63) is 57.8 Å². The number of aromatic nitrogens is 1. The number of hydrogen-bond acceptors (Lipinski definition) is 3. The van der Waals surface area contributed by atoms with Crippen LogP contribution in [0.2, 0.25) is 0 Å². The molecule has 94 valence electrons. The van der Waals surface area contributed by atoms with Crippen LogP contribution in [0, 0.1) is 6.92 Å². The maximum atomic E-state index is 10.3. The average Bonchev–Trinajstić information content (AvgIpc) is 2.41. The van der Waals surface area contributed by atoms with E-state index in [0.717, 1.165) is 15.6 Å². The van der Waals surface area contributed by atoms with E-state index in [1.807, 2.05) is 25.1 Å². The van der Waals surface area contributed by atoms with E-state index in [1.54, 1.807) is 25.6 Å². The molecule has 0 aliphatic rings. The zero-order valence-corrected chi connectivity index (χ0v) is 11.8. The van der Waals surface area contributed by atoms with Crippen LogP contribution in [-0.2, 0) is 0 Å². The van der Waals surface area contributed by atoms with Gasteiger partial charge in [-0.3, -0.25) is 4.98 Å². The lowest BCUT2D eigenvalue weighted by molar-refractivity contribution is 0.219. The molecule has 4 heteroatoms. The fourth-order valence-corrected chi connectivity index (χ4v) is 2.06. The number of pyridine rings is 1. The molecule has 0 fully saturated rings. The van der Waals surface area contributed by atoms with Crippen LogP contribution in [0.5, 0.6) is 5.75 Å². The largest absolute Gasteiger partial charge is 0.495 e. The highest BCUT2D eigenvalue weighted by molar-refractivity contribution is 9.10. The summed E-state index contributed by atoms with van der Waals surface area (Å²) in [4.78, 5) is 4.05. The lowest BCUT2D eigenvalue weighted by Gasteiger charge is -2.13. The third kappa shape index (κ3) is 2.71. The quantitative estimate of drug-likeness (QED) is 0.946. The second-order valence-corrected chi connectivity index (χ2v) is 4.92. The van der Waals surface area contributed by atoms with Crippen molar-refractivity contribution in [3.8, 4) is 5.75 Å². The van der Waals surface area contributed by atoms with E-state index in [2.05, 4.69) is 20.9 Å². The first-order valence-corrected chi connectivity index (χ1v) is 6.34. The van der Waals surface area contributed by atoms with E-state index in [-0.39, 0.29) is 0 Å². The topological polar surface area (TPSA) is 42.4 Å². The van der Waals surface area contributed by atoms with Gasteiger partial charge < -0.3 is 9.84 Å². The summed E-state index contributed by atoms with van der Waals surface area (Å²) in [5.74, 6) is 0.637. The van der Waals surface area contributed by atoms with Gasteiger partial charge in [-0.25, -0.2) is 0 Å². The number of rotatable bonds is 3. The number of halogens is 1. The molecule has 1 aromatic heterocycles. The molecule has 1 N–H and O–H groups in total. The third-order valence-corrected chi connectivity index (χ3v) is 3.65. The number of aliphatic hydroxyl groups excluding tert-OH is 1. The van der Waals surface area contributed by atoms with Crippen molar-refractivity contribution in [2.24, 2.45) is 0 Å². The highest BCUT2D eigenvalue weighted by atomic mass is 79.9. The summed E-state index contributed by atoms with van der Waals surface area (Å²) in [6.45, 7) is 2.01. The van der Waals surface area contributed by atoms with Crippen LogP contribution >= 0.6 is 15.9 Å². The van der Waals surface area contributed by atoms with Crippen LogP contribution in [0.4, 0.5) is 0 Å². The molecule has 0 aliphatic carbocycles. The summed E-state index contributed by atoms with van der Waals surface area (Å²) in [7, 11) is 1.58. The fourth-order valence-electron chi connectivity index (χ4n) is 1.67. The molecule has 1 atom stereocenters. The standard InChI is InChI=1S/C14H14BrNO2/c1-9-3-4-10(6-13(9)15)14(17)11-5-12(18-2)8-16-7-11/h3-8,14,17H,1-2H3. The van der Waals surface area contributed by atoms with Crippen molar-refractivity contribution < 1.29 is 9.84 Å². The minimum Gasteiger partial charge on any atom is -0.495 e. The molecule has 0 aliphatic heterocycles.